The number of rotatable bonds is 8. The summed E-state index contributed by atoms with van der Waals surface area (Å²) in [5.41, 5.74) is 11.6. The second-order valence-corrected chi connectivity index (χ2v) is 8.35. The smallest absolute Gasteiger partial charge is 0.0793 e. The molecule has 0 saturated heterocycles. The number of hydrogen-bond acceptors (Lipinski definition) is 5. The van der Waals surface area contributed by atoms with Crippen LogP contribution in [0, 0.1) is 11.8 Å². The molecule has 0 aromatic carbocycles. The molecule has 0 aliphatic heterocycles. The second kappa shape index (κ2) is 10.1. The zero-order valence-electron chi connectivity index (χ0n) is 15.9. The minimum atomic E-state index is -0.264. The molecule has 0 radical (unpaired) electrons. The van der Waals surface area contributed by atoms with Crippen molar-refractivity contribution in [2.75, 3.05) is 40.3 Å². The third-order valence-corrected chi connectivity index (χ3v) is 6.54. The summed E-state index contributed by atoms with van der Waals surface area (Å²) < 4.78 is 0. The van der Waals surface area contributed by atoms with Crippen LogP contribution in [0.2, 0.25) is 0 Å². The summed E-state index contributed by atoms with van der Waals surface area (Å²) in [5, 5.41) is 10.5. The van der Waals surface area contributed by atoms with Crippen molar-refractivity contribution in [3.63, 3.8) is 0 Å². The van der Waals surface area contributed by atoms with Crippen molar-refractivity contribution in [2.24, 2.45) is 23.3 Å². The molecule has 0 heterocycles. The average molecular weight is 341 g/mol. The average Bonchev–Trinajstić information content (AvgIpc) is 2.61. The van der Waals surface area contributed by atoms with Gasteiger partial charge in [-0.05, 0) is 90.4 Å². The Bertz CT molecular complexity index is 306. The maximum absolute atomic E-state index is 10.5. The van der Waals surface area contributed by atoms with Gasteiger partial charge >= 0.3 is 0 Å². The molecular weight excluding hydrogens is 300 g/mol. The lowest BCUT2D eigenvalue weighted by molar-refractivity contribution is 0.0458. The molecule has 2 aliphatic rings. The highest BCUT2D eigenvalue weighted by Gasteiger charge is 2.27. The van der Waals surface area contributed by atoms with Crippen molar-refractivity contribution in [1.29, 1.82) is 0 Å². The number of hydrogen-bond donors (Lipinski definition) is 3. The van der Waals surface area contributed by atoms with Crippen molar-refractivity contribution in [2.45, 2.75) is 69.6 Å². The summed E-state index contributed by atoms with van der Waals surface area (Å²) in [6.07, 6.45) is 9.61. The monoisotopic (exact) mass is 340 g/mol. The van der Waals surface area contributed by atoms with Gasteiger partial charge in [-0.3, -0.25) is 0 Å². The van der Waals surface area contributed by atoms with Gasteiger partial charge in [-0.15, -0.1) is 0 Å². The first-order chi connectivity index (χ1) is 11.5. The van der Waals surface area contributed by atoms with Crippen molar-refractivity contribution in [1.82, 2.24) is 9.80 Å². The quantitative estimate of drug-likeness (QED) is 0.620. The number of nitrogens with zero attached hydrogens (tertiary/aromatic N) is 2. The predicted molar refractivity (Wildman–Crippen MR) is 101 cm³/mol. The molecule has 0 unspecified atom stereocenters. The highest BCUT2D eigenvalue weighted by atomic mass is 16.3. The largest absolute Gasteiger partial charge is 0.390 e. The number of likely N-dealkylation sites (N-methyl/N-ethyl adjacent to an activating group) is 2. The van der Waals surface area contributed by atoms with Gasteiger partial charge < -0.3 is 26.4 Å². The van der Waals surface area contributed by atoms with Crippen molar-refractivity contribution in [3.05, 3.63) is 0 Å². The van der Waals surface area contributed by atoms with Crippen LogP contribution in [0.5, 0.6) is 0 Å². The van der Waals surface area contributed by atoms with Gasteiger partial charge in [-0.2, -0.15) is 0 Å². The lowest BCUT2D eigenvalue weighted by Gasteiger charge is -2.38. The third kappa shape index (κ3) is 5.95. The molecule has 2 rings (SSSR count). The summed E-state index contributed by atoms with van der Waals surface area (Å²) in [5.74, 6) is 1.43. The molecule has 142 valence electrons. The van der Waals surface area contributed by atoms with E-state index in [0.29, 0.717) is 23.9 Å². The number of aliphatic hydroxyl groups is 1. The molecule has 2 saturated carbocycles. The van der Waals surface area contributed by atoms with Crippen LogP contribution in [0.15, 0.2) is 0 Å². The standard InChI is InChI=1S/C19H40N4O/c1-22(17-7-3-15(11-20)4-8-17)13-19(24)14-23(2)18-9-5-16(12-21)6-10-18/h15-19,24H,3-14,20-21H2,1-2H3. The summed E-state index contributed by atoms with van der Waals surface area (Å²) >= 11 is 0. The van der Waals surface area contributed by atoms with Gasteiger partial charge in [-0.25, -0.2) is 0 Å². The van der Waals surface area contributed by atoms with E-state index in [1.165, 1.54) is 51.4 Å². The molecule has 5 nitrogen and oxygen atoms in total. The first-order valence-corrected chi connectivity index (χ1v) is 10.0. The van der Waals surface area contributed by atoms with Crippen LogP contribution in [-0.4, -0.2) is 73.4 Å². The highest BCUT2D eigenvalue weighted by molar-refractivity contribution is 4.82. The van der Waals surface area contributed by atoms with E-state index in [1.807, 2.05) is 0 Å². The zero-order valence-corrected chi connectivity index (χ0v) is 15.9. The summed E-state index contributed by atoms with van der Waals surface area (Å²) in [4.78, 5) is 4.74. The number of aliphatic hydroxyl groups excluding tert-OH is 1. The molecule has 0 aromatic rings. The van der Waals surface area contributed by atoms with E-state index < -0.39 is 0 Å². The van der Waals surface area contributed by atoms with Crippen LogP contribution in [0.1, 0.15) is 51.4 Å². The zero-order chi connectivity index (χ0) is 17.5. The lowest BCUT2D eigenvalue weighted by atomic mass is 9.85. The summed E-state index contributed by atoms with van der Waals surface area (Å²) in [6, 6.07) is 1.24. The summed E-state index contributed by atoms with van der Waals surface area (Å²) in [6.45, 7) is 3.22. The Morgan fingerprint density at radius 2 is 1.08 bits per heavy atom. The predicted octanol–water partition coefficient (Wildman–Crippen LogP) is 1.25. The second-order valence-electron chi connectivity index (χ2n) is 8.35. The van der Waals surface area contributed by atoms with E-state index in [1.54, 1.807) is 0 Å². The maximum atomic E-state index is 10.5. The minimum Gasteiger partial charge on any atom is -0.390 e. The molecule has 0 bridgehead atoms. The molecule has 0 spiro atoms. The molecule has 2 fully saturated rings. The normalized spacial score (nSPS) is 33.1. The molecule has 5 heteroatoms. The minimum absolute atomic E-state index is 0.264. The van der Waals surface area contributed by atoms with Gasteiger partial charge in [0.1, 0.15) is 0 Å². The van der Waals surface area contributed by atoms with E-state index in [4.69, 9.17) is 11.5 Å². The first-order valence-electron chi connectivity index (χ1n) is 10.0. The first kappa shape index (κ1) is 20.1. The Morgan fingerprint density at radius 1 is 0.750 bits per heavy atom. The van der Waals surface area contributed by atoms with Crippen LogP contribution >= 0.6 is 0 Å². The van der Waals surface area contributed by atoms with E-state index in [9.17, 15) is 5.11 Å². The molecule has 2 aliphatic carbocycles. The van der Waals surface area contributed by atoms with Crippen molar-refractivity contribution in [3.8, 4) is 0 Å². The maximum Gasteiger partial charge on any atom is 0.0793 e. The Balaban J connectivity index is 1.67. The fraction of sp³-hybridized carbons (Fsp3) is 1.00. The topological polar surface area (TPSA) is 78.8 Å². The lowest BCUT2D eigenvalue weighted by Crippen LogP contribution is -2.46. The van der Waals surface area contributed by atoms with E-state index in [2.05, 4.69) is 23.9 Å². The Hall–Kier alpha value is -0.200. The van der Waals surface area contributed by atoms with E-state index >= 15 is 0 Å². The molecule has 0 aromatic heterocycles. The molecule has 24 heavy (non-hydrogen) atoms. The summed E-state index contributed by atoms with van der Waals surface area (Å²) in [7, 11) is 4.34. The molecule has 0 atom stereocenters. The van der Waals surface area contributed by atoms with Crippen molar-refractivity contribution < 1.29 is 5.11 Å². The molecular formula is C19H40N4O. The fourth-order valence-corrected chi connectivity index (χ4v) is 4.66. The van der Waals surface area contributed by atoms with Gasteiger partial charge in [0.05, 0.1) is 6.10 Å². The van der Waals surface area contributed by atoms with Gasteiger partial charge in [0.15, 0.2) is 0 Å². The van der Waals surface area contributed by atoms with Crippen LogP contribution in [-0.2, 0) is 0 Å². The van der Waals surface area contributed by atoms with E-state index in [0.717, 1.165) is 26.2 Å². The van der Waals surface area contributed by atoms with Crippen LogP contribution < -0.4 is 11.5 Å². The fourth-order valence-electron chi connectivity index (χ4n) is 4.66. The molecule has 5 N–H and O–H groups in total. The van der Waals surface area contributed by atoms with Crippen LogP contribution in [0.25, 0.3) is 0 Å². The molecule has 0 amide bonds. The Kier molecular flexibility index (Phi) is 8.44. The van der Waals surface area contributed by atoms with Gasteiger partial charge in [0.2, 0.25) is 0 Å². The Labute approximate surface area is 148 Å². The van der Waals surface area contributed by atoms with Gasteiger partial charge in [0.25, 0.3) is 0 Å². The van der Waals surface area contributed by atoms with Crippen molar-refractivity contribution >= 4 is 0 Å². The van der Waals surface area contributed by atoms with Gasteiger partial charge in [0, 0.05) is 25.2 Å². The SMILES string of the molecule is CN(CC(O)CN(C)C1CCC(CN)CC1)C1CCC(CN)CC1. The van der Waals surface area contributed by atoms with Crippen LogP contribution in [0.4, 0.5) is 0 Å². The highest BCUT2D eigenvalue weighted by Crippen LogP contribution is 2.27. The van der Waals surface area contributed by atoms with Gasteiger partial charge in [-0.1, -0.05) is 0 Å². The van der Waals surface area contributed by atoms with E-state index in [-0.39, 0.29) is 6.10 Å². The third-order valence-electron chi connectivity index (χ3n) is 6.54. The number of nitrogens with two attached hydrogens (primary N) is 2. The van der Waals surface area contributed by atoms with Crippen LogP contribution in [0.3, 0.4) is 0 Å². The Morgan fingerprint density at radius 3 is 1.38 bits per heavy atom.